The Morgan fingerprint density at radius 1 is 1.30 bits per heavy atom. The zero-order valence-electron chi connectivity index (χ0n) is 12.8. The summed E-state index contributed by atoms with van der Waals surface area (Å²) >= 11 is 0. The van der Waals surface area contributed by atoms with Crippen LogP contribution in [0.25, 0.3) is 0 Å². The number of nitrogens with one attached hydrogen (secondary N) is 1. The van der Waals surface area contributed by atoms with Crippen molar-refractivity contribution in [3.8, 4) is 5.88 Å². The van der Waals surface area contributed by atoms with Gasteiger partial charge in [0.1, 0.15) is 6.33 Å². The summed E-state index contributed by atoms with van der Waals surface area (Å²) in [5.74, 6) is 1.54. The number of ether oxygens (including phenoxy) is 1. The Morgan fingerprint density at radius 3 is 2.80 bits per heavy atom. The summed E-state index contributed by atoms with van der Waals surface area (Å²) in [7, 11) is 1.65. The van der Waals surface area contributed by atoms with Crippen molar-refractivity contribution >= 4 is 0 Å². The molecule has 0 saturated heterocycles. The number of nitrogens with zero attached hydrogens (tertiary/aromatic N) is 2. The number of rotatable bonds is 7. The second-order valence-corrected chi connectivity index (χ2v) is 5.75. The fraction of sp³-hybridized carbons (Fsp3) is 0.750. The van der Waals surface area contributed by atoms with Crippen LogP contribution in [0.1, 0.15) is 51.1 Å². The first-order valence-electron chi connectivity index (χ1n) is 7.90. The second kappa shape index (κ2) is 8.20. The van der Waals surface area contributed by atoms with E-state index in [1.807, 2.05) is 6.07 Å². The standard InChI is InChI=1S/C16H27N3O/c1-3-17-14(9-13-7-5-4-6-8-13)10-15-11-16(20-2)19-12-18-15/h11-14,17H,3-10H2,1-2H3. The average Bonchev–Trinajstić information content (AvgIpc) is 2.49. The van der Waals surface area contributed by atoms with E-state index in [0.29, 0.717) is 11.9 Å². The molecule has 1 unspecified atom stereocenters. The molecule has 1 saturated carbocycles. The molecule has 4 nitrogen and oxygen atoms in total. The molecule has 112 valence electrons. The lowest BCUT2D eigenvalue weighted by atomic mass is 9.84. The third-order valence-electron chi connectivity index (χ3n) is 4.20. The highest BCUT2D eigenvalue weighted by Gasteiger charge is 2.19. The van der Waals surface area contributed by atoms with Crippen molar-refractivity contribution in [2.75, 3.05) is 13.7 Å². The van der Waals surface area contributed by atoms with E-state index in [1.165, 1.54) is 38.5 Å². The topological polar surface area (TPSA) is 47.0 Å². The van der Waals surface area contributed by atoms with E-state index < -0.39 is 0 Å². The highest BCUT2D eigenvalue weighted by atomic mass is 16.5. The van der Waals surface area contributed by atoms with Crippen LogP contribution in [-0.4, -0.2) is 29.7 Å². The average molecular weight is 277 g/mol. The number of hydrogen-bond donors (Lipinski definition) is 1. The van der Waals surface area contributed by atoms with Crippen molar-refractivity contribution in [2.45, 2.75) is 57.9 Å². The molecule has 1 heterocycles. The molecule has 1 aromatic rings. The first kappa shape index (κ1) is 15.2. The maximum Gasteiger partial charge on any atom is 0.216 e. The van der Waals surface area contributed by atoms with Crippen molar-refractivity contribution < 1.29 is 4.74 Å². The Kier molecular flexibility index (Phi) is 6.25. The molecule has 0 bridgehead atoms. The van der Waals surface area contributed by atoms with E-state index in [9.17, 15) is 0 Å². The summed E-state index contributed by atoms with van der Waals surface area (Å²) < 4.78 is 5.17. The third kappa shape index (κ3) is 4.75. The highest BCUT2D eigenvalue weighted by Crippen LogP contribution is 2.28. The first-order valence-corrected chi connectivity index (χ1v) is 7.90. The van der Waals surface area contributed by atoms with Crippen LogP contribution in [0.15, 0.2) is 12.4 Å². The molecule has 2 rings (SSSR count). The van der Waals surface area contributed by atoms with Crippen LogP contribution in [0.5, 0.6) is 5.88 Å². The van der Waals surface area contributed by atoms with Gasteiger partial charge in [0.15, 0.2) is 0 Å². The lowest BCUT2D eigenvalue weighted by Gasteiger charge is -2.27. The Balaban J connectivity index is 1.93. The van der Waals surface area contributed by atoms with Crippen LogP contribution in [0.2, 0.25) is 0 Å². The third-order valence-corrected chi connectivity index (χ3v) is 4.20. The Bertz CT molecular complexity index is 391. The van der Waals surface area contributed by atoms with Gasteiger partial charge in [-0.15, -0.1) is 0 Å². The lowest BCUT2D eigenvalue weighted by Crippen LogP contribution is -2.33. The smallest absolute Gasteiger partial charge is 0.216 e. The summed E-state index contributed by atoms with van der Waals surface area (Å²) in [5, 5.41) is 3.61. The monoisotopic (exact) mass is 277 g/mol. The molecular formula is C16H27N3O. The van der Waals surface area contributed by atoms with Gasteiger partial charge in [0.05, 0.1) is 7.11 Å². The van der Waals surface area contributed by atoms with E-state index in [-0.39, 0.29) is 0 Å². The molecule has 0 aliphatic heterocycles. The van der Waals surface area contributed by atoms with Gasteiger partial charge in [-0.25, -0.2) is 9.97 Å². The van der Waals surface area contributed by atoms with Crippen molar-refractivity contribution in [1.29, 1.82) is 0 Å². The summed E-state index contributed by atoms with van der Waals surface area (Å²) in [6.45, 7) is 3.19. The molecule has 1 aromatic heterocycles. The van der Waals surface area contributed by atoms with Gasteiger partial charge in [0, 0.05) is 24.2 Å². The summed E-state index contributed by atoms with van der Waals surface area (Å²) in [4.78, 5) is 8.44. The Labute approximate surface area is 122 Å². The number of likely N-dealkylation sites (N-methyl/N-ethyl adjacent to an activating group) is 1. The molecule has 20 heavy (non-hydrogen) atoms. The minimum absolute atomic E-state index is 0.516. The molecule has 1 aliphatic carbocycles. The predicted octanol–water partition coefficient (Wildman–Crippen LogP) is 2.98. The van der Waals surface area contributed by atoms with Gasteiger partial charge < -0.3 is 10.1 Å². The largest absolute Gasteiger partial charge is 0.481 e. The van der Waals surface area contributed by atoms with Crippen LogP contribution in [-0.2, 0) is 6.42 Å². The van der Waals surface area contributed by atoms with Crippen LogP contribution in [0.4, 0.5) is 0 Å². The number of hydrogen-bond acceptors (Lipinski definition) is 4. The van der Waals surface area contributed by atoms with Crippen molar-refractivity contribution in [3.63, 3.8) is 0 Å². The normalized spacial score (nSPS) is 17.9. The van der Waals surface area contributed by atoms with E-state index in [1.54, 1.807) is 13.4 Å². The maximum atomic E-state index is 5.17. The first-order chi connectivity index (χ1) is 9.81. The quantitative estimate of drug-likeness (QED) is 0.832. The Morgan fingerprint density at radius 2 is 2.10 bits per heavy atom. The van der Waals surface area contributed by atoms with Crippen LogP contribution in [0.3, 0.4) is 0 Å². The molecular weight excluding hydrogens is 250 g/mol. The minimum atomic E-state index is 0.516. The summed E-state index contributed by atoms with van der Waals surface area (Å²) in [5.41, 5.74) is 1.07. The maximum absolute atomic E-state index is 5.17. The van der Waals surface area contributed by atoms with Crippen LogP contribution in [0, 0.1) is 5.92 Å². The van der Waals surface area contributed by atoms with Crippen LogP contribution < -0.4 is 10.1 Å². The van der Waals surface area contributed by atoms with Gasteiger partial charge in [-0.05, 0) is 18.9 Å². The van der Waals surface area contributed by atoms with Gasteiger partial charge >= 0.3 is 0 Å². The fourth-order valence-electron chi connectivity index (χ4n) is 3.21. The summed E-state index contributed by atoms with van der Waals surface area (Å²) in [6, 6.07) is 2.47. The zero-order chi connectivity index (χ0) is 14.2. The predicted molar refractivity (Wildman–Crippen MR) is 80.9 cm³/mol. The van der Waals surface area contributed by atoms with Gasteiger partial charge in [-0.1, -0.05) is 39.0 Å². The van der Waals surface area contributed by atoms with E-state index in [0.717, 1.165) is 24.6 Å². The molecule has 1 fully saturated rings. The minimum Gasteiger partial charge on any atom is -0.481 e. The molecule has 0 radical (unpaired) electrons. The van der Waals surface area contributed by atoms with Crippen LogP contribution >= 0.6 is 0 Å². The second-order valence-electron chi connectivity index (χ2n) is 5.75. The zero-order valence-corrected chi connectivity index (χ0v) is 12.8. The Hall–Kier alpha value is -1.16. The van der Waals surface area contributed by atoms with Crippen molar-refractivity contribution in [3.05, 3.63) is 18.1 Å². The van der Waals surface area contributed by atoms with E-state index in [2.05, 4.69) is 22.2 Å². The molecule has 4 heteroatoms. The number of methoxy groups -OCH3 is 1. The lowest BCUT2D eigenvalue weighted by molar-refractivity contribution is 0.297. The fourth-order valence-corrected chi connectivity index (χ4v) is 3.21. The highest BCUT2D eigenvalue weighted by molar-refractivity contribution is 5.14. The molecule has 0 spiro atoms. The van der Waals surface area contributed by atoms with Gasteiger partial charge in [-0.3, -0.25) is 0 Å². The van der Waals surface area contributed by atoms with E-state index in [4.69, 9.17) is 4.74 Å². The SMILES string of the molecule is CCNC(Cc1cc(OC)ncn1)CC1CCCCC1. The molecule has 0 amide bonds. The van der Waals surface area contributed by atoms with Crippen molar-refractivity contribution in [2.24, 2.45) is 5.92 Å². The van der Waals surface area contributed by atoms with E-state index >= 15 is 0 Å². The molecule has 1 aliphatic rings. The van der Waals surface area contributed by atoms with Crippen molar-refractivity contribution in [1.82, 2.24) is 15.3 Å². The molecule has 1 N–H and O–H groups in total. The molecule has 1 atom stereocenters. The number of aromatic nitrogens is 2. The summed E-state index contributed by atoms with van der Waals surface area (Å²) in [6.07, 6.45) is 10.9. The van der Waals surface area contributed by atoms with Gasteiger partial charge in [-0.2, -0.15) is 0 Å². The van der Waals surface area contributed by atoms with Gasteiger partial charge in [0.25, 0.3) is 0 Å². The van der Waals surface area contributed by atoms with Gasteiger partial charge in [0.2, 0.25) is 5.88 Å². The molecule has 0 aromatic carbocycles.